The Bertz CT molecular complexity index is 540. The van der Waals surface area contributed by atoms with Gasteiger partial charge in [0.25, 0.3) is 0 Å². The molecule has 0 aliphatic carbocycles. The zero-order chi connectivity index (χ0) is 13.7. The first-order chi connectivity index (χ1) is 9.22. The molecule has 0 aliphatic rings. The van der Waals surface area contributed by atoms with Gasteiger partial charge >= 0.3 is 0 Å². The highest BCUT2D eigenvalue weighted by atomic mass is 79.9. The number of alkyl halides is 1. The van der Waals surface area contributed by atoms with Gasteiger partial charge in [0.1, 0.15) is 18.1 Å². The number of halogens is 2. The van der Waals surface area contributed by atoms with Gasteiger partial charge in [0.15, 0.2) is 0 Å². The third kappa shape index (κ3) is 3.88. The molecular formula is C15H14BrClO2. The Kier molecular flexibility index (Phi) is 5.11. The lowest BCUT2D eigenvalue weighted by atomic mass is 10.2. The molecule has 4 heteroatoms. The summed E-state index contributed by atoms with van der Waals surface area (Å²) >= 11 is 9.33. The largest absolute Gasteiger partial charge is 0.497 e. The van der Waals surface area contributed by atoms with Gasteiger partial charge in [-0.1, -0.05) is 28.1 Å². The zero-order valence-corrected chi connectivity index (χ0v) is 12.9. The smallest absolute Gasteiger partial charge is 0.124 e. The first kappa shape index (κ1) is 14.2. The maximum Gasteiger partial charge on any atom is 0.124 e. The van der Waals surface area contributed by atoms with Crippen molar-refractivity contribution in [2.45, 2.75) is 12.5 Å². The predicted molar refractivity (Wildman–Crippen MR) is 81.0 cm³/mol. The number of methoxy groups -OCH3 is 1. The molecule has 2 rings (SSSR count). The summed E-state index contributed by atoms with van der Waals surface area (Å²) in [6, 6.07) is 13.6. The third-order valence-electron chi connectivity index (χ3n) is 2.72. The van der Waals surface area contributed by atoms with Gasteiger partial charge in [0, 0.05) is 10.0 Å². The molecule has 0 radical (unpaired) electrons. The summed E-state index contributed by atoms with van der Waals surface area (Å²) in [7, 11) is 1.65. The van der Waals surface area contributed by atoms with E-state index in [-0.39, 0.29) is 0 Å². The van der Waals surface area contributed by atoms with E-state index in [0.29, 0.717) is 12.5 Å². The molecule has 0 bridgehead atoms. The van der Waals surface area contributed by atoms with Crippen LogP contribution < -0.4 is 9.47 Å². The van der Waals surface area contributed by atoms with Gasteiger partial charge in [-0.2, -0.15) is 0 Å². The lowest BCUT2D eigenvalue weighted by Gasteiger charge is -2.10. The van der Waals surface area contributed by atoms with E-state index in [1.807, 2.05) is 42.5 Å². The predicted octanol–water partition coefficient (Wildman–Crippen LogP) is 4.78. The summed E-state index contributed by atoms with van der Waals surface area (Å²) in [5, 5.41) is 0. The maximum absolute atomic E-state index is 5.91. The molecule has 19 heavy (non-hydrogen) atoms. The lowest BCUT2D eigenvalue weighted by Crippen LogP contribution is -1.98. The molecule has 0 fully saturated rings. The highest BCUT2D eigenvalue weighted by Crippen LogP contribution is 2.25. The molecule has 0 aliphatic heterocycles. The molecule has 0 saturated carbocycles. The van der Waals surface area contributed by atoms with Gasteiger partial charge < -0.3 is 9.47 Å². The van der Waals surface area contributed by atoms with Crippen LogP contribution in [-0.2, 0) is 12.5 Å². The van der Waals surface area contributed by atoms with Gasteiger partial charge in [-0.15, -0.1) is 11.6 Å². The molecule has 0 aromatic heterocycles. The van der Waals surface area contributed by atoms with E-state index in [4.69, 9.17) is 21.1 Å². The highest BCUT2D eigenvalue weighted by molar-refractivity contribution is 9.10. The van der Waals surface area contributed by atoms with Crippen molar-refractivity contribution in [2.24, 2.45) is 0 Å². The van der Waals surface area contributed by atoms with Gasteiger partial charge in [-0.25, -0.2) is 0 Å². The minimum Gasteiger partial charge on any atom is -0.497 e. The minimum atomic E-state index is 0.428. The highest BCUT2D eigenvalue weighted by Gasteiger charge is 2.04. The van der Waals surface area contributed by atoms with Crippen LogP contribution in [0.4, 0.5) is 0 Å². The molecule has 100 valence electrons. The Morgan fingerprint density at radius 2 is 1.84 bits per heavy atom. The minimum absolute atomic E-state index is 0.428. The van der Waals surface area contributed by atoms with Crippen molar-refractivity contribution < 1.29 is 9.47 Å². The summed E-state index contributed by atoms with van der Waals surface area (Å²) < 4.78 is 11.9. The fraction of sp³-hybridized carbons (Fsp3) is 0.200. The molecule has 2 aromatic rings. The number of rotatable bonds is 5. The molecular weight excluding hydrogens is 328 g/mol. The van der Waals surface area contributed by atoms with Crippen molar-refractivity contribution in [1.82, 2.24) is 0 Å². The van der Waals surface area contributed by atoms with E-state index >= 15 is 0 Å². The van der Waals surface area contributed by atoms with Crippen LogP contribution >= 0.6 is 27.5 Å². The fourth-order valence-electron chi connectivity index (χ4n) is 1.68. The molecule has 0 unspecified atom stereocenters. The van der Waals surface area contributed by atoms with Gasteiger partial charge in [0.05, 0.1) is 13.0 Å². The third-order valence-corrected chi connectivity index (χ3v) is 3.50. The molecule has 2 nitrogen and oxygen atoms in total. The molecule has 0 atom stereocenters. The second kappa shape index (κ2) is 6.83. The second-order valence-corrected chi connectivity index (χ2v) is 5.21. The molecule has 0 spiro atoms. The van der Waals surface area contributed by atoms with E-state index < -0.39 is 0 Å². The van der Waals surface area contributed by atoms with Crippen molar-refractivity contribution in [3.63, 3.8) is 0 Å². The quantitative estimate of drug-likeness (QED) is 0.729. The Morgan fingerprint density at radius 3 is 2.47 bits per heavy atom. The van der Waals surface area contributed by atoms with Crippen LogP contribution in [0, 0.1) is 0 Å². The topological polar surface area (TPSA) is 18.5 Å². The molecule has 2 aromatic carbocycles. The van der Waals surface area contributed by atoms with Crippen LogP contribution in [-0.4, -0.2) is 7.11 Å². The zero-order valence-electron chi connectivity index (χ0n) is 10.5. The van der Waals surface area contributed by atoms with E-state index in [0.717, 1.165) is 27.1 Å². The average molecular weight is 342 g/mol. The number of ether oxygens (including phenoxy) is 2. The molecule has 0 heterocycles. The number of hydrogen-bond acceptors (Lipinski definition) is 2. The molecule has 0 amide bonds. The summed E-state index contributed by atoms with van der Waals surface area (Å²) in [5.41, 5.74) is 2.06. The summed E-state index contributed by atoms with van der Waals surface area (Å²) in [5.74, 6) is 2.08. The van der Waals surface area contributed by atoms with Crippen molar-refractivity contribution in [2.75, 3.05) is 7.11 Å². The van der Waals surface area contributed by atoms with Crippen LogP contribution in [0.5, 0.6) is 11.5 Å². The average Bonchev–Trinajstić information content (AvgIpc) is 2.46. The van der Waals surface area contributed by atoms with E-state index in [1.54, 1.807) is 7.11 Å². The number of benzene rings is 2. The van der Waals surface area contributed by atoms with E-state index in [9.17, 15) is 0 Å². The van der Waals surface area contributed by atoms with Crippen molar-refractivity contribution in [3.05, 3.63) is 58.1 Å². The standard InChI is InChI=1S/C15H14BrClO2/c1-18-14-5-2-11(3-6-14)10-19-15-7-4-13(16)8-12(15)9-17/h2-8H,9-10H2,1H3. The van der Waals surface area contributed by atoms with Crippen molar-refractivity contribution in [1.29, 1.82) is 0 Å². The summed E-state index contributed by atoms with van der Waals surface area (Å²) in [6.07, 6.45) is 0. The Labute approximate surface area is 126 Å². The van der Waals surface area contributed by atoms with Crippen LogP contribution in [0.15, 0.2) is 46.9 Å². The van der Waals surface area contributed by atoms with Crippen molar-refractivity contribution >= 4 is 27.5 Å². The SMILES string of the molecule is COc1ccc(COc2ccc(Br)cc2CCl)cc1. The van der Waals surface area contributed by atoms with Gasteiger partial charge in [-0.3, -0.25) is 0 Å². The maximum atomic E-state index is 5.91. The monoisotopic (exact) mass is 340 g/mol. The first-order valence-corrected chi connectivity index (χ1v) is 7.16. The summed E-state index contributed by atoms with van der Waals surface area (Å²) in [6.45, 7) is 0.509. The first-order valence-electron chi connectivity index (χ1n) is 5.83. The Hall–Kier alpha value is -1.19. The second-order valence-electron chi connectivity index (χ2n) is 4.02. The van der Waals surface area contributed by atoms with Crippen LogP contribution in [0.2, 0.25) is 0 Å². The van der Waals surface area contributed by atoms with Gasteiger partial charge in [0.2, 0.25) is 0 Å². The normalized spacial score (nSPS) is 10.3. The number of hydrogen-bond donors (Lipinski definition) is 0. The van der Waals surface area contributed by atoms with E-state index in [1.165, 1.54) is 0 Å². The van der Waals surface area contributed by atoms with Gasteiger partial charge in [-0.05, 0) is 35.9 Å². The van der Waals surface area contributed by atoms with Crippen LogP contribution in [0.3, 0.4) is 0 Å². The molecule has 0 N–H and O–H groups in total. The fourth-order valence-corrected chi connectivity index (χ4v) is 2.29. The lowest BCUT2D eigenvalue weighted by molar-refractivity contribution is 0.303. The van der Waals surface area contributed by atoms with Crippen molar-refractivity contribution in [3.8, 4) is 11.5 Å². The van der Waals surface area contributed by atoms with E-state index in [2.05, 4.69) is 15.9 Å². The van der Waals surface area contributed by atoms with Crippen LogP contribution in [0.1, 0.15) is 11.1 Å². The van der Waals surface area contributed by atoms with Crippen LogP contribution in [0.25, 0.3) is 0 Å². The summed E-state index contributed by atoms with van der Waals surface area (Å²) in [4.78, 5) is 0. The molecule has 0 saturated heterocycles. The Morgan fingerprint density at radius 1 is 1.11 bits per heavy atom. The Balaban J connectivity index is 2.05.